The number of hydrogen-bond donors (Lipinski definition) is 2. The second-order valence-corrected chi connectivity index (χ2v) is 4.25. The van der Waals surface area contributed by atoms with Crippen molar-refractivity contribution in [2.75, 3.05) is 6.61 Å². The highest BCUT2D eigenvalue weighted by Crippen LogP contribution is 2.19. The fourth-order valence-electron chi connectivity index (χ4n) is 1.63. The highest BCUT2D eigenvalue weighted by atomic mass is 16.5. The van der Waals surface area contributed by atoms with Crippen molar-refractivity contribution in [1.29, 1.82) is 0 Å². The van der Waals surface area contributed by atoms with Crippen molar-refractivity contribution in [3.05, 3.63) is 29.8 Å². The largest absolute Gasteiger partial charge is 0.494 e. The molecule has 0 unspecified atom stereocenters. The lowest BCUT2D eigenvalue weighted by molar-refractivity contribution is -0.123. The van der Waals surface area contributed by atoms with E-state index in [0.29, 0.717) is 13.0 Å². The van der Waals surface area contributed by atoms with Gasteiger partial charge in [0, 0.05) is 0 Å². The van der Waals surface area contributed by atoms with Crippen LogP contribution >= 0.6 is 0 Å². The number of benzene rings is 1. The van der Waals surface area contributed by atoms with Gasteiger partial charge in [-0.3, -0.25) is 4.79 Å². The molecule has 0 saturated heterocycles. The summed E-state index contributed by atoms with van der Waals surface area (Å²) < 4.78 is 5.43. The van der Waals surface area contributed by atoms with Gasteiger partial charge in [-0.1, -0.05) is 19.1 Å². The summed E-state index contributed by atoms with van der Waals surface area (Å²) in [6.07, 6.45) is 0.636. The zero-order valence-electron chi connectivity index (χ0n) is 11.3. The first kappa shape index (κ1) is 14.5. The van der Waals surface area contributed by atoms with Crippen molar-refractivity contribution in [2.24, 2.45) is 5.73 Å². The molecule has 0 aromatic heterocycles. The van der Waals surface area contributed by atoms with Crippen LogP contribution in [0.5, 0.6) is 5.75 Å². The monoisotopic (exact) mass is 250 g/mol. The molecule has 0 heterocycles. The van der Waals surface area contributed by atoms with E-state index in [-0.39, 0.29) is 11.9 Å². The lowest BCUT2D eigenvalue weighted by Crippen LogP contribution is -2.41. The third-order valence-corrected chi connectivity index (χ3v) is 2.80. The minimum absolute atomic E-state index is 0.0736. The Labute approximate surface area is 109 Å². The number of rotatable bonds is 6. The van der Waals surface area contributed by atoms with Crippen molar-refractivity contribution < 1.29 is 9.53 Å². The molecule has 0 radical (unpaired) electrons. The van der Waals surface area contributed by atoms with Gasteiger partial charge in [-0.25, -0.2) is 0 Å². The van der Waals surface area contributed by atoms with Gasteiger partial charge in [-0.05, 0) is 38.0 Å². The molecule has 0 fully saturated rings. The molecule has 1 aromatic rings. The zero-order valence-corrected chi connectivity index (χ0v) is 11.3. The maximum absolute atomic E-state index is 11.7. The summed E-state index contributed by atoms with van der Waals surface area (Å²) in [5.41, 5.74) is 6.70. The van der Waals surface area contributed by atoms with Gasteiger partial charge >= 0.3 is 0 Å². The summed E-state index contributed by atoms with van der Waals surface area (Å²) in [5.74, 6) is 0.697. The van der Waals surface area contributed by atoms with Crippen LogP contribution in [-0.2, 0) is 4.79 Å². The molecular weight excluding hydrogens is 228 g/mol. The SMILES string of the molecule is CCOc1cccc([C@@H](C)NC(=O)[C@@H](N)CC)c1. The molecule has 1 rings (SSSR count). The van der Waals surface area contributed by atoms with E-state index in [1.165, 1.54) is 0 Å². The molecule has 1 amide bonds. The smallest absolute Gasteiger partial charge is 0.237 e. The molecule has 0 aliphatic rings. The molecule has 0 saturated carbocycles. The summed E-state index contributed by atoms with van der Waals surface area (Å²) in [6, 6.07) is 7.21. The van der Waals surface area contributed by atoms with Gasteiger partial charge < -0.3 is 15.8 Å². The fraction of sp³-hybridized carbons (Fsp3) is 0.500. The first-order valence-corrected chi connectivity index (χ1v) is 6.37. The molecule has 100 valence electrons. The predicted octanol–water partition coefficient (Wildman–Crippen LogP) is 2.00. The maximum atomic E-state index is 11.7. The van der Waals surface area contributed by atoms with E-state index in [0.717, 1.165) is 11.3 Å². The molecule has 1 aromatic carbocycles. The van der Waals surface area contributed by atoms with Crippen LogP contribution in [0.1, 0.15) is 38.8 Å². The molecule has 0 bridgehead atoms. The van der Waals surface area contributed by atoms with E-state index < -0.39 is 6.04 Å². The highest BCUT2D eigenvalue weighted by Gasteiger charge is 2.15. The highest BCUT2D eigenvalue weighted by molar-refractivity contribution is 5.81. The lowest BCUT2D eigenvalue weighted by Gasteiger charge is -2.17. The quantitative estimate of drug-likeness (QED) is 0.811. The Balaban J connectivity index is 2.68. The van der Waals surface area contributed by atoms with Gasteiger partial charge in [0.1, 0.15) is 5.75 Å². The van der Waals surface area contributed by atoms with E-state index in [2.05, 4.69) is 5.32 Å². The first-order chi connectivity index (χ1) is 8.58. The number of nitrogens with two attached hydrogens (primary N) is 1. The van der Waals surface area contributed by atoms with Gasteiger partial charge in [0.2, 0.25) is 5.91 Å². The van der Waals surface area contributed by atoms with E-state index in [4.69, 9.17) is 10.5 Å². The number of nitrogens with one attached hydrogen (secondary N) is 1. The molecule has 3 N–H and O–H groups in total. The van der Waals surface area contributed by atoms with Crippen LogP contribution in [0.2, 0.25) is 0 Å². The third-order valence-electron chi connectivity index (χ3n) is 2.80. The average Bonchev–Trinajstić information content (AvgIpc) is 2.38. The number of hydrogen-bond acceptors (Lipinski definition) is 3. The number of amides is 1. The van der Waals surface area contributed by atoms with E-state index in [1.54, 1.807) is 0 Å². The Bertz CT molecular complexity index is 393. The van der Waals surface area contributed by atoms with Gasteiger partial charge in [0.15, 0.2) is 0 Å². The van der Waals surface area contributed by atoms with Gasteiger partial charge in [-0.15, -0.1) is 0 Å². The summed E-state index contributed by atoms with van der Waals surface area (Å²) in [5, 5.41) is 2.90. The minimum atomic E-state index is -0.442. The van der Waals surface area contributed by atoms with E-state index >= 15 is 0 Å². The molecule has 4 heteroatoms. The lowest BCUT2D eigenvalue weighted by atomic mass is 10.1. The van der Waals surface area contributed by atoms with Crippen LogP contribution in [-0.4, -0.2) is 18.6 Å². The normalized spacial score (nSPS) is 13.8. The van der Waals surface area contributed by atoms with Crippen molar-refractivity contribution in [3.8, 4) is 5.75 Å². The molecule has 2 atom stereocenters. The van der Waals surface area contributed by atoms with Gasteiger partial charge in [0.25, 0.3) is 0 Å². The number of carbonyl (C=O) groups is 1. The van der Waals surface area contributed by atoms with E-state index in [1.807, 2.05) is 45.0 Å². The molecule has 0 spiro atoms. The second kappa shape index (κ2) is 7.01. The standard InChI is InChI=1S/C14H22N2O2/c1-4-13(15)14(17)16-10(3)11-7-6-8-12(9-11)18-5-2/h6-10,13H,4-5,15H2,1-3H3,(H,16,17)/t10-,13+/m1/s1. The second-order valence-electron chi connectivity index (χ2n) is 4.25. The van der Waals surface area contributed by atoms with Crippen molar-refractivity contribution in [1.82, 2.24) is 5.32 Å². The summed E-state index contributed by atoms with van der Waals surface area (Å²) in [6.45, 7) is 6.40. The molecular formula is C14H22N2O2. The number of carbonyl (C=O) groups excluding carboxylic acids is 1. The Morgan fingerprint density at radius 3 is 2.78 bits per heavy atom. The van der Waals surface area contributed by atoms with Gasteiger partial charge in [-0.2, -0.15) is 0 Å². The zero-order chi connectivity index (χ0) is 13.5. The average molecular weight is 250 g/mol. The Morgan fingerprint density at radius 2 is 2.17 bits per heavy atom. The van der Waals surface area contributed by atoms with E-state index in [9.17, 15) is 4.79 Å². The van der Waals surface area contributed by atoms with Crippen LogP contribution in [0, 0.1) is 0 Å². The minimum Gasteiger partial charge on any atom is -0.494 e. The fourth-order valence-corrected chi connectivity index (χ4v) is 1.63. The summed E-state index contributed by atoms with van der Waals surface area (Å²) >= 11 is 0. The van der Waals surface area contributed by atoms with Crippen molar-refractivity contribution >= 4 is 5.91 Å². The van der Waals surface area contributed by atoms with Crippen molar-refractivity contribution in [2.45, 2.75) is 39.3 Å². The topological polar surface area (TPSA) is 64.3 Å². The third kappa shape index (κ3) is 4.04. The van der Waals surface area contributed by atoms with Crippen LogP contribution < -0.4 is 15.8 Å². The Morgan fingerprint density at radius 1 is 1.44 bits per heavy atom. The van der Waals surface area contributed by atoms with Gasteiger partial charge in [0.05, 0.1) is 18.7 Å². The van der Waals surface area contributed by atoms with Crippen LogP contribution in [0.4, 0.5) is 0 Å². The summed E-state index contributed by atoms with van der Waals surface area (Å²) in [4.78, 5) is 11.7. The summed E-state index contributed by atoms with van der Waals surface area (Å²) in [7, 11) is 0. The molecule has 0 aliphatic carbocycles. The first-order valence-electron chi connectivity index (χ1n) is 6.37. The molecule has 4 nitrogen and oxygen atoms in total. The number of ether oxygens (including phenoxy) is 1. The molecule has 18 heavy (non-hydrogen) atoms. The maximum Gasteiger partial charge on any atom is 0.237 e. The predicted molar refractivity (Wildman–Crippen MR) is 72.4 cm³/mol. The Kier molecular flexibility index (Phi) is 5.65. The Hall–Kier alpha value is -1.55. The van der Waals surface area contributed by atoms with Crippen LogP contribution in [0.15, 0.2) is 24.3 Å². The van der Waals surface area contributed by atoms with Crippen LogP contribution in [0.25, 0.3) is 0 Å². The van der Waals surface area contributed by atoms with Crippen molar-refractivity contribution in [3.63, 3.8) is 0 Å². The van der Waals surface area contributed by atoms with Crippen LogP contribution in [0.3, 0.4) is 0 Å². The molecule has 0 aliphatic heterocycles.